The molecule has 4 N–H and O–H groups in total. The summed E-state index contributed by atoms with van der Waals surface area (Å²) >= 11 is 0. The lowest BCUT2D eigenvalue weighted by Crippen LogP contribution is -2.49. The SMILES string of the molecule is COC(C)(C)C(=O)Nc1ncnn2c([C@]3(C#N)O[C@H](COC(=O)CC4CCC4)[C@@H](OC(=O)[C@H](N)C(C)(C)C)[C@H]3O)ccc12. The van der Waals surface area contributed by atoms with Gasteiger partial charge in [-0.1, -0.05) is 27.2 Å². The van der Waals surface area contributed by atoms with Crippen LogP contribution in [0.15, 0.2) is 18.5 Å². The van der Waals surface area contributed by atoms with Gasteiger partial charge in [-0.25, -0.2) is 9.50 Å². The lowest BCUT2D eigenvalue weighted by atomic mass is 9.83. The molecule has 14 nitrogen and oxygen atoms in total. The van der Waals surface area contributed by atoms with Gasteiger partial charge in [0.05, 0.1) is 5.69 Å². The molecule has 2 aliphatic rings. The fourth-order valence-electron chi connectivity index (χ4n) is 4.83. The van der Waals surface area contributed by atoms with Crippen molar-refractivity contribution in [3.8, 4) is 6.07 Å². The Morgan fingerprint density at radius 1 is 1.28 bits per heavy atom. The van der Waals surface area contributed by atoms with E-state index in [1.165, 1.54) is 17.7 Å². The summed E-state index contributed by atoms with van der Waals surface area (Å²) in [5.74, 6) is -1.36. The van der Waals surface area contributed by atoms with Crippen LogP contribution in [0.1, 0.15) is 66.0 Å². The van der Waals surface area contributed by atoms with Crippen LogP contribution in [0.4, 0.5) is 5.82 Å². The lowest BCUT2D eigenvalue weighted by molar-refractivity contribution is -0.163. The topological polar surface area (TPSA) is 200 Å². The summed E-state index contributed by atoms with van der Waals surface area (Å²) in [7, 11) is 1.40. The van der Waals surface area contributed by atoms with Crippen molar-refractivity contribution >= 4 is 29.2 Å². The number of nitrogens with two attached hydrogens (primary N) is 1. The van der Waals surface area contributed by atoms with E-state index in [1.807, 2.05) is 6.07 Å². The number of nitriles is 1. The molecule has 43 heavy (non-hydrogen) atoms. The minimum absolute atomic E-state index is 0.0749. The molecule has 0 radical (unpaired) electrons. The fourth-order valence-corrected chi connectivity index (χ4v) is 4.83. The second-order valence-electron chi connectivity index (χ2n) is 12.7. The van der Waals surface area contributed by atoms with Crippen LogP contribution < -0.4 is 11.1 Å². The molecule has 0 bridgehead atoms. The number of amides is 1. The van der Waals surface area contributed by atoms with E-state index < -0.39 is 58.8 Å². The van der Waals surface area contributed by atoms with Crippen molar-refractivity contribution in [1.29, 1.82) is 5.26 Å². The van der Waals surface area contributed by atoms with Gasteiger partial charge in [0.25, 0.3) is 5.91 Å². The Morgan fingerprint density at radius 3 is 2.56 bits per heavy atom. The highest BCUT2D eigenvalue weighted by atomic mass is 16.6. The van der Waals surface area contributed by atoms with Crippen LogP contribution in [-0.2, 0) is 38.9 Å². The zero-order chi connectivity index (χ0) is 31.7. The summed E-state index contributed by atoms with van der Waals surface area (Å²) < 4.78 is 23.8. The Morgan fingerprint density at radius 2 is 1.98 bits per heavy atom. The first-order chi connectivity index (χ1) is 20.1. The molecule has 0 unspecified atom stereocenters. The molecule has 2 aromatic rings. The van der Waals surface area contributed by atoms with Crippen molar-refractivity contribution in [3.05, 3.63) is 24.2 Å². The van der Waals surface area contributed by atoms with Crippen LogP contribution in [-0.4, -0.2) is 81.2 Å². The van der Waals surface area contributed by atoms with E-state index in [4.69, 9.17) is 24.7 Å². The van der Waals surface area contributed by atoms with Crippen LogP contribution in [0.25, 0.3) is 5.52 Å². The monoisotopic (exact) mass is 600 g/mol. The first kappa shape index (κ1) is 32.3. The van der Waals surface area contributed by atoms with Gasteiger partial charge < -0.3 is 35.1 Å². The van der Waals surface area contributed by atoms with E-state index in [9.17, 15) is 24.8 Å². The minimum atomic E-state index is -2.12. The summed E-state index contributed by atoms with van der Waals surface area (Å²) in [6.07, 6.45) is 0.0237. The van der Waals surface area contributed by atoms with E-state index in [1.54, 1.807) is 40.7 Å². The normalized spacial score (nSPS) is 25.0. The molecule has 0 aromatic carbocycles. The average Bonchev–Trinajstić information content (AvgIpc) is 3.49. The molecule has 2 aromatic heterocycles. The number of hydrogen-bond donors (Lipinski definition) is 3. The van der Waals surface area contributed by atoms with E-state index in [-0.39, 0.29) is 30.5 Å². The zero-order valence-corrected chi connectivity index (χ0v) is 25.3. The Bertz CT molecular complexity index is 1410. The number of ether oxygens (including phenoxy) is 4. The van der Waals surface area contributed by atoms with E-state index in [0.29, 0.717) is 5.52 Å². The average molecular weight is 601 g/mol. The number of aliphatic hydroxyl groups excluding tert-OH is 1. The highest BCUT2D eigenvalue weighted by molar-refractivity contribution is 5.98. The number of methoxy groups -OCH3 is 1. The third-order valence-corrected chi connectivity index (χ3v) is 8.25. The molecule has 0 spiro atoms. The molecule has 14 heteroatoms. The number of anilines is 1. The number of nitrogens with zero attached hydrogens (tertiary/aromatic N) is 4. The van der Waals surface area contributed by atoms with Crippen molar-refractivity contribution < 1.29 is 38.4 Å². The van der Waals surface area contributed by atoms with Crippen molar-refractivity contribution in [3.63, 3.8) is 0 Å². The molecule has 234 valence electrons. The van der Waals surface area contributed by atoms with Gasteiger partial charge in [0.2, 0.25) is 5.60 Å². The van der Waals surface area contributed by atoms with Crippen molar-refractivity contribution in [2.24, 2.45) is 17.1 Å². The number of rotatable bonds is 10. The first-order valence-electron chi connectivity index (χ1n) is 14.2. The Hall–Kier alpha value is -3.64. The van der Waals surface area contributed by atoms with Gasteiger partial charge in [-0.3, -0.25) is 14.4 Å². The van der Waals surface area contributed by atoms with Crippen molar-refractivity contribution in [2.75, 3.05) is 19.0 Å². The number of aliphatic hydroxyl groups is 1. The van der Waals surface area contributed by atoms with Crippen LogP contribution in [0.5, 0.6) is 0 Å². The molecular formula is C29H40N6O8. The highest BCUT2D eigenvalue weighted by Gasteiger charge is 2.60. The number of carbonyl (C=O) groups excluding carboxylic acids is 3. The fraction of sp³-hybridized carbons (Fsp3) is 0.655. The molecular weight excluding hydrogens is 560 g/mol. The predicted molar refractivity (Wildman–Crippen MR) is 151 cm³/mol. The number of esters is 2. The number of hydrogen-bond acceptors (Lipinski definition) is 12. The quantitative estimate of drug-likeness (QED) is 0.333. The van der Waals surface area contributed by atoms with Gasteiger partial charge in [-0.2, -0.15) is 10.4 Å². The lowest BCUT2D eigenvalue weighted by Gasteiger charge is -2.29. The number of carbonyl (C=O) groups is 3. The van der Waals surface area contributed by atoms with Crippen molar-refractivity contribution in [1.82, 2.24) is 14.6 Å². The predicted octanol–water partition coefficient (Wildman–Crippen LogP) is 1.59. The smallest absolute Gasteiger partial charge is 0.323 e. The largest absolute Gasteiger partial charge is 0.463 e. The number of nitrogens with one attached hydrogen (secondary N) is 1. The molecule has 2 fully saturated rings. The molecule has 1 saturated heterocycles. The third kappa shape index (κ3) is 6.35. The Labute approximate surface area is 249 Å². The first-order valence-corrected chi connectivity index (χ1v) is 14.2. The highest BCUT2D eigenvalue weighted by Crippen LogP contribution is 2.42. The molecule has 1 aliphatic heterocycles. The summed E-state index contributed by atoms with van der Waals surface area (Å²) in [5, 5.41) is 29.0. The zero-order valence-electron chi connectivity index (χ0n) is 25.3. The summed E-state index contributed by atoms with van der Waals surface area (Å²) in [6.45, 7) is 8.08. The summed E-state index contributed by atoms with van der Waals surface area (Å²) in [6, 6.07) is 4.00. The van der Waals surface area contributed by atoms with E-state index in [0.717, 1.165) is 25.6 Å². The van der Waals surface area contributed by atoms with E-state index in [2.05, 4.69) is 15.4 Å². The second kappa shape index (κ2) is 12.2. The Balaban J connectivity index is 1.67. The summed E-state index contributed by atoms with van der Waals surface area (Å²) in [4.78, 5) is 42.4. The van der Waals surface area contributed by atoms with Gasteiger partial charge in [0.1, 0.15) is 48.4 Å². The third-order valence-electron chi connectivity index (χ3n) is 8.25. The van der Waals surface area contributed by atoms with Gasteiger partial charge >= 0.3 is 11.9 Å². The molecule has 4 rings (SSSR count). The van der Waals surface area contributed by atoms with Gasteiger partial charge in [0.15, 0.2) is 11.9 Å². The number of fused-ring (bicyclic) bond motifs is 1. The Kier molecular flexibility index (Phi) is 9.13. The maximum absolute atomic E-state index is 13.0. The molecule has 1 aliphatic carbocycles. The standard InChI is InChI=1S/C29H40N6O8/c1-27(2,3)22(31)25(38)42-21-18(13-41-20(36)12-16-8-7-9-16)43-29(14-30,23(21)37)19-11-10-17-24(32-15-33-35(17)19)34-26(39)28(4,5)40-6/h10-11,15-16,18,21-23,37H,7-9,12-13,31H2,1-6H3,(H,32,33,34,39)/t18-,21-,22+,23-,29+/m1/s1. The minimum Gasteiger partial charge on any atom is -0.463 e. The molecule has 5 atom stereocenters. The maximum Gasteiger partial charge on any atom is 0.323 e. The molecule has 1 amide bonds. The second-order valence-corrected chi connectivity index (χ2v) is 12.7. The van der Waals surface area contributed by atoms with Gasteiger partial charge in [0, 0.05) is 13.5 Å². The van der Waals surface area contributed by atoms with Crippen LogP contribution in [0.3, 0.4) is 0 Å². The van der Waals surface area contributed by atoms with Gasteiger partial charge in [-0.15, -0.1) is 0 Å². The van der Waals surface area contributed by atoms with Gasteiger partial charge in [-0.05, 0) is 50.2 Å². The van der Waals surface area contributed by atoms with E-state index >= 15 is 0 Å². The number of aromatic nitrogens is 3. The summed E-state index contributed by atoms with van der Waals surface area (Å²) in [5.41, 5.74) is 2.55. The molecule has 3 heterocycles. The maximum atomic E-state index is 13.0. The van der Waals surface area contributed by atoms with Crippen LogP contribution in [0, 0.1) is 22.7 Å². The molecule has 1 saturated carbocycles. The van der Waals surface area contributed by atoms with Crippen LogP contribution >= 0.6 is 0 Å². The van der Waals surface area contributed by atoms with Crippen LogP contribution in [0.2, 0.25) is 0 Å². The van der Waals surface area contributed by atoms with Crippen molar-refractivity contribution in [2.45, 2.75) is 95.9 Å².